The van der Waals surface area contributed by atoms with Crippen LogP contribution in [0.15, 0.2) is 28.1 Å². The largest absolute Gasteiger partial charge is 0.355 e. The van der Waals surface area contributed by atoms with Gasteiger partial charge in [-0.05, 0) is 30.8 Å². The maximum absolute atomic E-state index is 12.1. The number of thiophene rings is 1. The molecule has 2 aromatic heterocycles. The van der Waals surface area contributed by atoms with Gasteiger partial charge in [0.25, 0.3) is 11.8 Å². The molecule has 0 atom stereocenters. The Bertz CT molecular complexity index is 771. The van der Waals surface area contributed by atoms with Crippen LogP contribution in [-0.2, 0) is 9.63 Å². The number of hydroxylamine groups is 2. The first-order chi connectivity index (χ1) is 13.6. The maximum Gasteiger partial charge on any atom is 0.273 e. The highest BCUT2D eigenvalue weighted by molar-refractivity contribution is 7.13. The van der Waals surface area contributed by atoms with E-state index in [0.29, 0.717) is 18.0 Å². The molecule has 1 N–H and O–H groups in total. The molecule has 9 heteroatoms. The molecule has 0 aliphatic carbocycles. The summed E-state index contributed by atoms with van der Waals surface area (Å²) in [5, 5.41) is 9.97. The van der Waals surface area contributed by atoms with Gasteiger partial charge in [-0.2, -0.15) is 0 Å². The molecule has 0 spiro atoms. The smallest absolute Gasteiger partial charge is 0.273 e. The summed E-state index contributed by atoms with van der Waals surface area (Å²) in [6.07, 6.45) is 2.97. The molecule has 28 heavy (non-hydrogen) atoms. The van der Waals surface area contributed by atoms with Crippen molar-refractivity contribution in [3.05, 3.63) is 29.3 Å². The lowest BCUT2D eigenvalue weighted by Gasteiger charge is -2.39. The second-order valence-electron chi connectivity index (χ2n) is 6.85. The first kappa shape index (κ1) is 20.5. The van der Waals surface area contributed by atoms with Crippen LogP contribution < -0.4 is 5.32 Å². The molecule has 0 radical (unpaired) electrons. The van der Waals surface area contributed by atoms with Crippen molar-refractivity contribution in [2.75, 3.05) is 40.3 Å². The molecule has 3 heterocycles. The van der Waals surface area contributed by atoms with Crippen LogP contribution in [0.4, 0.5) is 0 Å². The Hall–Kier alpha value is -2.23. The van der Waals surface area contributed by atoms with Crippen molar-refractivity contribution in [3.63, 3.8) is 0 Å². The number of amides is 2. The monoisotopic (exact) mass is 406 g/mol. The number of carbonyl (C=O) groups excluding carboxylic acids is 2. The van der Waals surface area contributed by atoms with Gasteiger partial charge in [0.1, 0.15) is 0 Å². The van der Waals surface area contributed by atoms with Gasteiger partial charge >= 0.3 is 0 Å². The molecule has 0 unspecified atom stereocenters. The van der Waals surface area contributed by atoms with E-state index >= 15 is 0 Å². The van der Waals surface area contributed by atoms with Gasteiger partial charge in [0.2, 0.25) is 0 Å². The van der Waals surface area contributed by atoms with Gasteiger partial charge in [0.05, 0.1) is 17.9 Å². The Morgan fingerprint density at radius 1 is 1.39 bits per heavy atom. The lowest BCUT2D eigenvalue weighted by Crippen LogP contribution is -2.53. The van der Waals surface area contributed by atoms with Crippen molar-refractivity contribution in [2.45, 2.75) is 19.3 Å². The van der Waals surface area contributed by atoms with Crippen LogP contribution in [0.25, 0.3) is 10.6 Å². The topological polar surface area (TPSA) is 87.9 Å². The fraction of sp³-hybridized carbons (Fsp3) is 0.526. The number of likely N-dealkylation sites (tertiary alicyclic amines) is 1. The molecule has 2 aromatic rings. The molecule has 8 nitrogen and oxygen atoms in total. The van der Waals surface area contributed by atoms with E-state index in [1.807, 2.05) is 17.5 Å². The van der Waals surface area contributed by atoms with Crippen molar-refractivity contribution in [1.29, 1.82) is 0 Å². The maximum atomic E-state index is 12.1. The standard InChI is InChI=1S/C19H26N4O4S/c1-22(26-2)19(25)14-12-23(13-14)9-5-3-4-8-20-18(24)15-11-16(27-21-15)17-7-6-10-28-17/h6-7,10-11,14H,3-5,8-9,12-13H2,1-2H3,(H,20,24). The number of unbranched alkanes of at least 4 members (excludes halogenated alkanes) is 2. The van der Waals surface area contributed by atoms with Crippen molar-refractivity contribution >= 4 is 23.2 Å². The Morgan fingerprint density at radius 2 is 2.21 bits per heavy atom. The van der Waals surface area contributed by atoms with E-state index in [1.54, 1.807) is 24.5 Å². The average Bonchev–Trinajstić information content (AvgIpc) is 3.35. The first-order valence-electron chi connectivity index (χ1n) is 9.41. The summed E-state index contributed by atoms with van der Waals surface area (Å²) in [6, 6.07) is 5.53. The molecule has 0 aromatic carbocycles. The number of carbonyl (C=O) groups is 2. The zero-order valence-corrected chi connectivity index (χ0v) is 17.0. The second kappa shape index (κ2) is 9.81. The molecule has 152 valence electrons. The second-order valence-corrected chi connectivity index (χ2v) is 7.79. The number of hydrogen-bond acceptors (Lipinski definition) is 7. The fourth-order valence-electron chi connectivity index (χ4n) is 3.10. The van der Waals surface area contributed by atoms with Crippen molar-refractivity contribution < 1.29 is 18.9 Å². The molecule has 1 fully saturated rings. The highest BCUT2D eigenvalue weighted by atomic mass is 32.1. The molecule has 0 saturated carbocycles. The van der Waals surface area contributed by atoms with Gasteiger partial charge in [-0.3, -0.25) is 14.4 Å². The summed E-state index contributed by atoms with van der Waals surface area (Å²) in [6.45, 7) is 3.17. The van der Waals surface area contributed by atoms with Crippen molar-refractivity contribution in [2.24, 2.45) is 5.92 Å². The summed E-state index contributed by atoms with van der Waals surface area (Å²) >= 11 is 1.54. The van der Waals surface area contributed by atoms with E-state index in [-0.39, 0.29) is 17.7 Å². The van der Waals surface area contributed by atoms with Gasteiger partial charge in [-0.1, -0.05) is 17.6 Å². The minimum Gasteiger partial charge on any atom is -0.355 e. The quantitative estimate of drug-likeness (QED) is 0.481. The summed E-state index contributed by atoms with van der Waals surface area (Å²) in [4.78, 5) is 32.2. The summed E-state index contributed by atoms with van der Waals surface area (Å²) in [5.41, 5.74) is 0.306. The lowest BCUT2D eigenvalue weighted by atomic mass is 9.98. The third-order valence-electron chi connectivity index (χ3n) is 4.83. The van der Waals surface area contributed by atoms with E-state index in [4.69, 9.17) is 9.36 Å². The predicted octanol–water partition coefficient (Wildman–Crippen LogP) is 2.25. The number of nitrogens with zero attached hydrogens (tertiary/aromatic N) is 3. The molecule has 1 aliphatic heterocycles. The SMILES string of the molecule is CON(C)C(=O)C1CN(CCCCCNC(=O)c2cc(-c3cccs3)on2)C1. The predicted molar refractivity (Wildman–Crippen MR) is 106 cm³/mol. The first-order valence-corrected chi connectivity index (χ1v) is 10.3. The van der Waals surface area contributed by atoms with E-state index < -0.39 is 0 Å². The molecule has 2 amide bonds. The fourth-order valence-corrected chi connectivity index (χ4v) is 3.78. The summed E-state index contributed by atoms with van der Waals surface area (Å²) in [5.74, 6) is 0.489. The van der Waals surface area contributed by atoms with Crippen LogP contribution in [0, 0.1) is 5.92 Å². The van der Waals surface area contributed by atoms with Gasteiger partial charge in [0.15, 0.2) is 11.5 Å². The van der Waals surface area contributed by atoms with Crippen LogP contribution in [-0.4, -0.2) is 67.3 Å². The van der Waals surface area contributed by atoms with Crippen LogP contribution in [0.2, 0.25) is 0 Å². The lowest BCUT2D eigenvalue weighted by molar-refractivity contribution is -0.178. The number of nitrogens with one attached hydrogen (secondary N) is 1. The van der Waals surface area contributed by atoms with E-state index in [1.165, 1.54) is 12.2 Å². The third kappa shape index (κ3) is 5.18. The van der Waals surface area contributed by atoms with E-state index in [0.717, 1.165) is 43.8 Å². The van der Waals surface area contributed by atoms with Gasteiger partial charge in [-0.15, -0.1) is 11.3 Å². The van der Waals surface area contributed by atoms with Crippen LogP contribution in [0.3, 0.4) is 0 Å². The van der Waals surface area contributed by atoms with Crippen LogP contribution in [0.5, 0.6) is 0 Å². The number of rotatable bonds is 10. The minimum atomic E-state index is -0.210. The Morgan fingerprint density at radius 3 is 2.93 bits per heavy atom. The van der Waals surface area contributed by atoms with Gasteiger partial charge in [-0.25, -0.2) is 5.06 Å². The highest BCUT2D eigenvalue weighted by Crippen LogP contribution is 2.25. The molecule has 1 saturated heterocycles. The van der Waals surface area contributed by atoms with Crippen LogP contribution in [0.1, 0.15) is 29.8 Å². The van der Waals surface area contributed by atoms with Crippen molar-refractivity contribution in [1.82, 2.24) is 20.4 Å². The summed E-state index contributed by atoms with van der Waals surface area (Å²) in [7, 11) is 3.14. The minimum absolute atomic E-state index is 0.0385. The van der Waals surface area contributed by atoms with E-state index in [2.05, 4.69) is 15.4 Å². The van der Waals surface area contributed by atoms with Gasteiger partial charge in [0, 0.05) is 32.7 Å². The van der Waals surface area contributed by atoms with E-state index in [9.17, 15) is 9.59 Å². The average molecular weight is 407 g/mol. The Kier molecular flexibility index (Phi) is 7.18. The zero-order valence-electron chi connectivity index (χ0n) is 16.2. The number of hydrogen-bond donors (Lipinski definition) is 1. The molecule has 3 rings (SSSR count). The zero-order chi connectivity index (χ0) is 19.9. The molecular weight excluding hydrogens is 380 g/mol. The van der Waals surface area contributed by atoms with Crippen LogP contribution >= 0.6 is 11.3 Å². The Labute approximate surface area is 168 Å². The van der Waals surface area contributed by atoms with Gasteiger partial charge < -0.3 is 14.7 Å². The molecule has 0 bridgehead atoms. The summed E-state index contributed by atoms with van der Waals surface area (Å²) < 4.78 is 5.23. The number of aromatic nitrogens is 1. The normalized spacial score (nSPS) is 14.6. The van der Waals surface area contributed by atoms with Crippen molar-refractivity contribution in [3.8, 4) is 10.6 Å². The Balaban J connectivity index is 1.25. The highest BCUT2D eigenvalue weighted by Gasteiger charge is 2.34. The third-order valence-corrected chi connectivity index (χ3v) is 5.72. The molecular formula is C19H26N4O4S. The molecule has 1 aliphatic rings.